The van der Waals surface area contributed by atoms with E-state index in [9.17, 15) is 13.2 Å². The van der Waals surface area contributed by atoms with Crippen LogP contribution in [0, 0.1) is 0 Å². The van der Waals surface area contributed by atoms with E-state index < -0.39 is 9.84 Å². The molecule has 5 nitrogen and oxygen atoms in total. The third-order valence-electron chi connectivity index (χ3n) is 4.98. The van der Waals surface area contributed by atoms with Gasteiger partial charge in [-0.3, -0.25) is 4.79 Å². The van der Waals surface area contributed by atoms with Crippen LogP contribution in [0.3, 0.4) is 0 Å². The molecule has 1 N–H and O–H groups in total. The molecule has 1 heterocycles. The third-order valence-corrected chi connectivity index (χ3v) is 6.73. The summed E-state index contributed by atoms with van der Waals surface area (Å²) in [6, 6.07) is 6.04. The predicted molar refractivity (Wildman–Crippen MR) is 91.4 cm³/mol. The van der Waals surface area contributed by atoms with Gasteiger partial charge >= 0.3 is 0 Å². The maximum Gasteiger partial charge on any atom is 0.241 e. The van der Waals surface area contributed by atoms with Crippen molar-refractivity contribution in [2.24, 2.45) is 0 Å². The summed E-state index contributed by atoms with van der Waals surface area (Å²) >= 11 is 0. The van der Waals surface area contributed by atoms with Gasteiger partial charge in [0.2, 0.25) is 5.91 Å². The molecule has 1 aliphatic carbocycles. The number of carbonyl (C=O) groups excluding carboxylic acids is 1. The highest BCUT2D eigenvalue weighted by molar-refractivity contribution is 7.91. The summed E-state index contributed by atoms with van der Waals surface area (Å²) in [6.45, 7) is 0.212. The highest BCUT2D eigenvalue weighted by Crippen LogP contribution is 2.27. The van der Waals surface area contributed by atoms with Crippen LogP contribution < -0.4 is 5.32 Å². The number of hydrogen-bond donors (Lipinski definition) is 1. The topological polar surface area (TPSA) is 66.5 Å². The molecule has 1 aromatic carbocycles. The smallest absolute Gasteiger partial charge is 0.241 e. The second-order valence-electron chi connectivity index (χ2n) is 6.57. The van der Waals surface area contributed by atoms with Crippen molar-refractivity contribution in [2.75, 3.05) is 30.4 Å². The molecule has 0 unspecified atom stereocenters. The van der Waals surface area contributed by atoms with E-state index in [2.05, 4.69) is 11.4 Å². The number of aryl methyl sites for hydroxylation is 1. The van der Waals surface area contributed by atoms with E-state index in [0.29, 0.717) is 6.42 Å². The second-order valence-corrected chi connectivity index (χ2v) is 8.79. The SMILES string of the molecule is CN(C(=O)CNc1cccc2c1CCCC2)[C@@H]1CCS(=O)(=O)C1. The molecule has 3 rings (SSSR count). The van der Waals surface area contributed by atoms with Crippen molar-refractivity contribution in [3.8, 4) is 0 Å². The Morgan fingerprint density at radius 2 is 2.09 bits per heavy atom. The fourth-order valence-corrected chi connectivity index (χ4v) is 5.30. The first-order valence-electron chi connectivity index (χ1n) is 8.27. The highest BCUT2D eigenvalue weighted by Gasteiger charge is 2.32. The Morgan fingerprint density at radius 1 is 1.30 bits per heavy atom. The number of nitrogens with one attached hydrogen (secondary N) is 1. The summed E-state index contributed by atoms with van der Waals surface area (Å²) < 4.78 is 23.1. The molecule has 2 aliphatic rings. The normalized spacial score (nSPS) is 22.4. The van der Waals surface area contributed by atoms with Gasteiger partial charge in [-0.1, -0.05) is 12.1 Å². The number of anilines is 1. The van der Waals surface area contributed by atoms with Gasteiger partial charge in [0, 0.05) is 18.8 Å². The zero-order chi connectivity index (χ0) is 16.4. The number of hydrogen-bond acceptors (Lipinski definition) is 4. The Kier molecular flexibility index (Phi) is 4.62. The van der Waals surface area contributed by atoms with Crippen molar-refractivity contribution in [3.63, 3.8) is 0 Å². The van der Waals surface area contributed by atoms with Crippen molar-refractivity contribution in [1.29, 1.82) is 0 Å². The monoisotopic (exact) mass is 336 g/mol. The maximum atomic E-state index is 12.4. The summed E-state index contributed by atoms with van der Waals surface area (Å²) in [7, 11) is -1.26. The number of carbonyl (C=O) groups is 1. The number of rotatable bonds is 4. The van der Waals surface area contributed by atoms with Crippen LogP contribution in [0.15, 0.2) is 18.2 Å². The Bertz CT molecular complexity index is 700. The van der Waals surface area contributed by atoms with Crippen LogP contribution in [0.1, 0.15) is 30.4 Å². The average molecular weight is 336 g/mol. The van der Waals surface area contributed by atoms with Gasteiger partial charge in [-0.15, -0.1) is 0 Å². The first-order valence-corrected chi connectivity index (χ1v) is 10.1. The van der Waals surface area contributed by atoms with Gasteiger partial charge in [-0.25, -0.2) is 8.42 Å². The van der Waals surface area contributed by atoms with Crippen molar-refractivity contribution in [3.05, 3.63) is 29.3 Å². The minimum Gasteiger partial charge on any atom is -0.376 e. The van der Waals surface area contributed by atoms with Crippen LogP contribution in [0.25, 0.3) is 0 Å². The minimum absolute atomic E-state index is 0.0551. The van der Waals surface area contributed by atoms with Crippen molar-refractivity contribution >= 4 is 21.4 Å². The van der Waals surface area contributed by atoms with Crippen molar-refractivity contribution in [1.82, 2.24) is 4.90 Å². The lowest BCUT2D eigenvalue weighted by Crippen LogP contribution is -2.41. The number of amides is 1. The third kappa shape index (κ3) is 3.68. The van der Waals surface area contributed by atoms with E-state index in [-0.39, 0.29) is 30.0 Å². The van der Waals surface area contributed by atoms with Gasteiger partial charge < -0.3 is 10.2 Å². The largest absolute Gasteiger partial charge is 0.376 e. The average Bonchev–Trinajstić information content (AvgIpc) is 2.91. The molecular formula is C17H24N2O3S. The molecular weight excluding hydrogens is 312 g/mol. The Balaban J connectivity index is 1.61. The second kappa shape index (κ2) is 6.51. The number of fused-ring (bicyclic) bond motifs is 1. The van der Waals surface area contributed by atoms with E-state index in [1.165, 1.54) is 24.0 Å². The zero-order valence-corrected chi connectivity index (χ0v) is 14.4. The van der Waals surface area contributed by atoms with Gasteiger partial charge in [0.25, 0.3) is 0 Å². The van der Waals surface area contributed by atoms with Crippen molar-refractivity contribution in [2.45, 2.75) is 38.1 Å². The number of sulfone groups is 1. The molecule has 1 fully saturated rings. The summed E-state index contributed by atoms with van der Waals surface area (Å²) in [5.41, 5.74) is 3.75. The van der Waals surface area contributed by atoms with E-state index in [1.807, 2.05) is 12.1 Å². The molecule has 0 radical (unpaired) electrons. The summed E-state index contributed by atoms with van der Waals surface area (Å²) in [5.74, 6) is 0.228. The number of likely N-dealkylation sites (N-methyl/N-ethyl adjacent to an activating group) is 1. The van der Waals surface area contributed by atoms with Gasteiger partial charge in [-0.05, 0) is 49.3 Å². The molecule has 0 aromatic heterocycles. The summed E-state index contributed by atoms with van der Waals surface area (Å²) in [6.07, 6.45) is 5.14. The molecule has 126 valence electrons. The quantitative estimate of drug-likeness (QED) is 0.907. The van der Waals surface area contributed by atoms with Crippen LogP contribution in [0.5, 0.6) is 0 Å². The Hall–Kier alpha value is -1.56. The van der Waals surface area contributed by atoms with Gasteiger partial charge in [0.05, 0.1) is 18.1 Å². The predicted octanol–water partition coefficient (Wildman–Crippen LogP) is 1.62. The standard InChI is InChI=1S/C17H24N2O3S/c1-19(14-9-10-23(21,22)12-14)17(20)11-18-16-8-4-6-13-5-2-3-7-15(13)16/h4,6,8,14,18H,2-3,5,7,9-12H2,1H3/t14-/m1/s1. The first kappa shape index (κ1) is 16.3. The van der Waals surface area contributed by atoms with E-state index >= 15 is 0 Å². The number of benzene rings is 1. The molecule has 6 heteroatoms. The molecule has 1 aromatic rings. The van der Waals surface area contributed by atoms with E-state index in [4.69, 9.17) is 0 Å². The lowest BCUT2D eigenvalue weighted by Gasteiger charge is -2.25. The summed E-state index contributed by atoms with van der Waals surface area (Å²) in [5, 5.41) is 3.26. The molecule has 1 aliphatic heterocycles. The molecule has 1 saturated heterocycles. The lowest BCUT2D eigenvalue weighted by atomic mass is 9.90. The Labute approximate surface area is 138 Å². The molecule has 0 bridgehead atoms. The highest BCUT2D eigenvalue weighted by atomic mass is 32.2. The van der Waals surface area contributed by atoms with Gasteiger partial charge in [0.1, 0.15) is 0 Å². The van der Waals surface area contributed by atoms with Crippen LogP contribution in [0.4, 0.5) is 5.69 Å². The summed E-state index contributed by atoms with van der Waals surface area (Å²) in [4.78, 5) is 13.9. The molecule has 1 amide bonds. The van der Waals surface area contributed by atoms with Gasteiger partial charge in [-0.2, -0.15) is 0 Å². The fraction of sp³-hybridized carbons (Fsp3) is 0.588. The lowest BCUT2D eigenvalue weighted by molar-refractivity contribution is -0.129. The maximum absolute atomic E-state index is 12.4. The number of nitrogens with zero attached hydrogens (tertiary/aromatic N) is 1. The van der Waals surface area contributed by atoms with E-state index in [1.54, 1.807) is 11.9 Å². The molecule has 23 heavy (non-hydrogen) atoms. The molecule has 1 atom stereocenters. The fourth-order valence-electron chi connectivity index (χ4n) is 3.53. The van der Waals surface area contributed by atoms with Gasteiger partial charge in [0.15, 0.2) is 9.84 Å². The Morgan fingerprint density at radius 3 is 2.83 bits per heavy atom. The molecule has 0 saturated carbocycles. The van der Waals surface area contributed by atoms with Crippen LogP contribution in [0.2, 0.25) is 0 Å². The minimum atomic E-state index is -2.97. The molecule has 0 spiro atoms. The van der Waals surface area contributed by atoms with Crippen molar-refractivity contribution < 1.29 is 13.2 Å². The van der Waals surface area contributed by atoms with Crippen LogP contribution >= 0.6 is 0 Å². The first-order chi connectivity index (χ1) is 11.0. The zero-order valence-electron chi connectivity index (χ0n) is 13.5. The van der Waals surface area contributed by atoms with Crippen LogP contribution in [-0.2, 0) is 27.5 Å². The van der Waals surface area contributed by atoms with Crippen LogP contribution in [-0.4, -0.2) is 50.4 Å². The van der Waals surface area contributed by atoms with E-state index in [0.717, 1.165) is 18.5 Å².